The van der Waals surface area contributed by atoms with Crippen LogP contribution in [-0.2, 0) is 6.42 Å². The highest BCUT2D eigenvalue weighted by atomic mass is 127. The van der Waals surface area contributed by atoms with E-state index in [-0.39, 0.29) is 24.0 Å². The summed E-state index contributed by atoms with van der Waals surface area (Å²) in [5, 5.41) is 6.61. The maximum Gasteiger partial charge on any atom is 0.190 e. The molecule has 2 N–H and O–H groups in total. The molecular formula is C14H25IN4. The van der Waals surface area contributed by atoms with Crippen molar-refractivity contribution in [2.24, 2.45) is 10.9 Å². The number of hydrogen-bond donors (Lipinski definition) is 2. The van der Waals surface area contributed by atoms with Crippen molar-refractivity contribution in [1.82, 2.24) is 15.6 Å². The Morgan fingerprint density at radius 2 is 2.05 bits per heavy atom. The summed E-state index contributed by atoms with van der Waals surface area (Å²) in [5.41, 5.74) is 1.24. The van der Waals surface area contributed by atoms with Gasteiger partial charge >= 0.3 is 0 Å². The first-order valence-corrected chi connectivity index (χ1v) is 6.55. The van der Waals surface area contributed by atoms with Crippen molar-refractivity contribution in [2.75, 3.05) is 20.1 Å². The van der Waals surface area contributed by atoms with E-state index in [1.807, 2.05) is 12.3 Å². The first-order valence-electron chi connectivity index (χ1n) is 6.55. The second-order valence-corrected chi connectivity index (χ2v) is 4.72. The third kappa shape index (κ3) is 8.80. The fraction of sp³-hybridized carbons (Fsp3) is 0.571. The molecule has 0 aliphatic carbocycles. The Morgan fingerprint density at radius 1 is 1.32 bits per heavy atom. The van der Waals surface area contributed by atoms with Gasteiger partial charge in [-0.2, -0.15) is 0 Å². The summed E-state index contributed by atoms with van der Waals surface area (Å²) in [7, 11) is 1.80. The van der Waals surface area contributed by atoms with Crippen molar-refractivity contribution in [3.63, 3.8) is 0 Å². The molecule has 0 bridgehead atoms. The number of rotatable bonds is 6. The number of hydrogen-bond acceptors (Lipinski definition) is 2. The molecule has 0 spiro atoms. The molecule has 0 fully saturated rings. The van der Waals surface area contributed by atoms with Gasteiger partial charge in [-0.15, -0.1) is 24.0 Å². The fourth-order valence-corrected chi connectivity index (χ4v) is 1.57. The molecule has 19 heavy (non-hydrogen) atoms. The smallest absolute Gasteiger partial charge is 0.190 e. The second kappa shape index (κ2) is 11.0. The van der Waals surface area contributed by atoms with Gasteiger partial charge in [-0.3, -0.25) is 9.98 Å². The van der Waals surface area contributed by atoms with Gasteiger partial charge in [-0.25, -0.2) is 0 Å². The van der Waals surface area contributed by atoms with Gasteiger partial charge in [0.05, 0.1) is 0 Å². The van der Waals surface area contributed by atoms with Crippen LogP contribution in [0.15, 0.2) is 29.5 Å². The predicted octanol–water partition coefficient (Wildman–Crippen LogP) is 2.45. The van der Waals surface area contributed by atoms with Crippen molar-refractivity contribution >= 4 is 29.9 Å². The highest BCUT2D eigenvalue weighted by molar-refractivity contribution is 14.0. The number of nitrogens with one attached hydrogen (secondary N) is 2. The number of nitrogens with zero attached hydrogens (tertiary/aromatic N) is 2. The van der Waals surface area contributed by atoms with Crippen LogP contribution in [0.25, 0.3) is 0 Å². The Labute approximate surface area is 133 Å². The molecule has 0 radical (unpaired) electrons. The second-order valence-electron chi connectivity index (χ2n) is 4.72. The van der Waals surface area contributed by atoms with Crippen LogP contribution in [0.2, 0.25) is 0 Å². The Morgan fingerprint density at radius 3 is 2.63 bits per heavy atom. The zero-order valence-electron chi connectivity index (χ0n) is 12.0. The van der Waals surface area contributed by atoms with Crippen LogP contribution in [0.4, 0.5) is 0 Å². The highest BCUT2D eigenvalue weighted by Crippen LogP contribution is 1.97. The standard InChI is InChI=1S/C14H24N4.HI/c1-12(2)6-9-17-14(15-3)18-10-7-13-5-4-8-16-11-13;/h4-5,8,11-12H,6-7,9-10H2,1-3H3,(H2,15,17,18);1H. The molecule has 1 aromatic rings. The molecule has 0 amide bonds. The molecule has 0 atom stereocenters. The molecule has 5 heteroatoms. The molecule has 0 aliphatic rings. The van der Waals surface area contributed by atoms with E-state index in [2.05, 4.69) is 40.5 Å². The molecule has 1 heterocycles. The lowest BCUT2D eigenvalue weighted by Crippen LogP contribution is -2.39. The minimum atomic E-state index is 0. The maximum atomic E-state index is 4.19. The van der Waals surface area contributed by atoms with Gasteiger partial charge in [0.15, 0.2) is 5.96 Å². The lowest BCUT2D eigenvalue weighted by molar-refractivity contribution is 0.573. The predicted molar refractivity (Wildman–Crippen MR) is 92.2 cm³/mol. The topological polar surface area (TPSA) is 49.3 Å². The van der Waals surface area contributed by atoms with Gasteiger partial charge in [0.1, 0.15) is 0 Å². The average molecular weight is 376 g/mol. The normalized spacial score (nSPS) is 11.1. The number of halogens is 1. The molecule has 0 unspecified atom stereocenters. The van der Waals surface area contributed by atoms with Crippen molar-refractivity contribution in [3.05, 3.63) is 30.1 Å². The number of pyridine rings is 1. The summed E-state index contributed by atoms with van der Waals surface area (Å²) in [6, 6.07) is 4.05. The van der Waals surface area contributed by atoms with E-state index in [9.17, 15) is 0 Å². The number of aromatic nitrogens is 1. The molecule has 1 rings (SSSR count). The van der Waals surface area contributed by atoms with E-state index in [1.54, 1.807) is 13.2 Å². The summed E-state index contributed by atoms with van der Waals surface area (Å²) in [4.78, 5) is 8.29. The molecule has 0 aromatic carbocycles. The summed E-state index contributed by atoms with van der Waals surface area (Å²) in [6.07, 6.45) is 5.81. The number of aliphatic imine (C=N–C) groups is 1. The third-order valence-corrected chi connectivity index (χ3v) is 2.67. The van der Waals surface area contributed by atoms with E-state index in [0.29, 0.717) is 5.92 Å². The average Bonchev–Trinajstić information content (AvgIpc) is 2.38. The van der Waals surface area contributed by atoms with Crippen LogP contribution >= 0.6 is 24.0 Å². The monoisotopic (exact) mass is 376 g/mol. The van der Waals surface area contributed by atoms with Gasteiger partial charge < -0.3 is 10.6 Å². The van der Waals surface area contributed by atoms with Crippen LogP contribution in [0.5, 0.6) is 0 Å². The summed E-state index contributed by atoms with van der Waals surface area (Å²) in [5.74, 6) is 1.59. The van der Waals surface area contributed by atoms with Crippen LogP contribution in [0.1, 0.15) is 25.8 Å². The first kappa shape index (κ1) is 18.1. The van der Waals surface area contributed by atoms with Crippen LogP contribution < -0.4 is 10.6 Å². The zero-order chi connectivity index (χ0) is 13.2. The van der Waals surface area contributed by atoms with Gasteiger partial charge in [0.2, 0.25) is 0 Å². The molecular weight excluding hydrogens is 351 g/mol. The quantitative estimate of drug-likeness (QED) is 0.456. The summed E-state index contributed by atoms with van der Waals surface area (Å²) in [6.45, 7) is 6.28. The van der Waals surface area contributed by atoms with Crippen molar-refractivity contribution in [1.29, 1.82) is 0 Å². The molecule has 0 saturated heterocycles. The van der Waals surface area contributed by atoms with E-state index in [0.717, 1.165) is 31.9 Å². The van der Waals surface area contributed by atoms with E-state index in [4.69, 9.17) is 0 Å². The van der Waals surface area contributed by atoms with Crippen molar-refractivity contribution < 1.29 is 0 Å². The van der Waals surface area contributed by atoms with Crippen molar-refractivity contribution in [2.45, 2.75) is 26.7 Å². The fourth-order valence-electron chi connectivity index (χ4n) is 1.57. The third-order valence-electron chi connectivity index (χ3n) is 2.67. The van der Waals surface area contributed by atoms with Gasteiger partial charge in [-0.05, 0) is 30.4 Å². The first-order chi connectivity index (χ1) is 8.72. The van der Waals surface area contributed by atoms with Gasteiger partial charge in [0, 0.05) is 32.5 Å². The molecule has 4 nitrogen and oxygen atoms in total. The van der Waals surface area contributed by atoms with E-state index >= 15 is 0 Å². The molecule has 108 valence electrons. The minimum Gasteiger partial charge on any atom is -0.356 e. The lowest BCUT2D eigenvalue weighted by atomic mass is 10.1. The van der Waals surface area contributed by atoms with Crippen molar-refractivity contribution in [3.8, 4) is 0 Å². The largest absolute Gasteiger partial charge is 0.356 e. The maximum absolute atomic E-state index is 4.19. The minimum absolute atomic E-state index is 0. The van der Waals surface area contributed by atoms with Crippen LogP contribution in [0, 0.1) is 5.92 Å². The Bertz CT molecular complexity index is 352. The Hall–Kier alpha value is -0.850. The van der Waals surface area contributed by atoms with Gasteiger partial charge in [0.25, 0.3) is 0 Å². The lowest BCUT2D eigenvalue weighted by Gasteiger charge is -2.12. The SMILES string of the molecule is CN=C(NCCc1cccnc1)NCCC(C)C.I. The Kier molecular flexibility index (Phi) is 10.5. The summed E-state index contributed by atoms with van der Waals surface area (Å²) >= 11 is 0. The van der Waals surface area contributed by atoms with Gasteiger partial charge in [-0.1, -0.05) is 19.9 Å². The number of guanidine groups is 1. The Balaban J connectivity index is 0.00000324. The zero-order valence-corrected chi connectivity index (χ0v) is 14.3. The van der Waals surface area contributed by atoms with Crippen LogP contribution in [-0.4, -0.2) is 31.1 Å². The van der Waals surface area contributed by atoms with Crippen LogP contribution in [0.3, 0.4) is 0 Å². The summed E-state index contributed by atoms with van der Waals surface area (Å²) < 4.78 is 0. The molecule has 0 aliphatic heterocycles. The van der Waals surface area contributed by atoms with E-state index < -0.39 is 0 Å². The highest BCUT2D eigenvalue weighted by Gasteiger charge is 1.98. The van der Waals surface area contributed by atoms with E-state index in [1.165, 1.54) is 5.56 Å². The molecule has 1 aromatic heterocycles. The molecule has 0 saturated carbocycles.